The molecule has 0 aromatic rings. The minimum Gasteiger partial charge on any atom is -0.452 e. The number of hydrogen-bond donors (Lipinski definition) is 0. The Morgan fingerprint density at radius 2 is 2.08 bits per heavy atom. The molecule has 0 atom stereocenters. The average molecular weight is 170 g/mol. The molecule has 0 aliphatic carbocycles. The van der Waals surface area contributed by atoms with Crippen molar-refractivity contribution in [2.24, 2.45) is 5.92 Å². The molecule has 0 spiro atoms. The maximum absolute atomic E-state index is 11.2. The second-order valence-corrected chi connectivity index (χ2v) is 3.45. The molecule has 3 aliphatic heterocycles. The van der Waals surface area contributed by atoms with Crippen molar-refractivity contribution in [3.63, 3.8) is 0 Å². The highest BCUT2D eigenvalue weighted by Gasteiger charge is 2.35. The van der Waals surface area contributed by atoms with Gasteiger partial charge in [0.25, 0.3) is 0 Å². The molecule has 0 saturated carbocycles. The number of ether oxygens (including phenoxy) is 1. The van der Waals surface area contributed by atoms with Crippen LogP contribution in [0, 0.1) is 5.92 Å². The molecular formula is C8H14N2O2. The van der Waals surface area contributed by atoms with Crippen molar-refractivity contribution in [3.8, 4) is 0 Å². The van der Waals surface area contributed by atoms with Crippen LogP contribution < -0.4 is 0 Å². The van der Waals surface area contributed by atoms with Gasteiger partial charge in [0.15, 0.2) is 0 Å². The fourth-order valence-corrected chi connectivity index (χ4v) is 2.00. The quantitative estimate of drug-likeness (QED) is 0.536. The molecule has 0 aromatic heterocycles. The third-order valence-electron chi connectivity index (χ3n) is 2.75. The molecule has 4 heteroatoms. The van der Waals surface area contributed by atoms with E-state index in [2.05, 4.69) is 9.75 Å². The Labute approximate surface area is 72.0 Å². The molecule has 0 unspecified atom stereocenters. The Kier molecular flexibility index (Phi) is 1.92. The van der Waals surface area contributed by atoms with E-state index in [0.29, 0.717) is 5.92 Å². The smallest absolute Gasteiger partial charge is 0.424 e. The Morgan fingerprint density at radius 3 is 2.50 bits per heavy atom. The summed E-state index contributed by atoms with van der Waals surface area (Å²) in [5.41, 5.74) is 0. The molecule has 68 valence electrons. The molecule has 3 fully saturated rings. The molecule has 0 radical (unpaired) electrons. The fourth-order valence-electron chi connectivity index (χ4n) is 2.00. The maximum atomic E-state index is 11.2. The van der Waals surface area contributed by atoms with Crippen LogP contribution in [0.25, 0.3) is 0 Å². The van der Waals surface area contributed by atoms with Crippen LogP contribution in [0.5, 0.6) is 0 Å². The van der Waals surface area contributed by atoms with Crippen LogP contribution in [0.1, 0.15) is 12.8 Å². The van der Waals surface area contributed by atoms with Gasteiger partial charge in [-0.05, 0) is 18.8 Å². The summed E-state index contributed by atoms with van der Waals surface area (Å²) in [6.07, 6.45) is 2.25. The van der Waals surface area contributed by atoms with E-state index in [-0.39, 0.29) is 6.09 Å². The van der Waals surface area contributed by atoms with Gasteiger partial charge in [-0.1, -0.05) is 0 Å². The fraction of sp³-hybridized carbons (Fsp3) is 0.875. The number of amides is 1. The largest absolute Gasteiger partial charge is 0.452 e. The van der Waals surface area contributed by atoms with Crippen molar-refractivity contribution in [1.82, 2.24) is 10.0 Å². The van der Waals surface area contributed by atoms with Crippen LogP contribution in [0.15, 0.2) is 0 Å². The number of fused-ring (bicyclic) bond motifs is 3. The summed E-state index contributed by atoms with van der Waals surface area (Å²) in [6, 6.07) is 0. The first kappa shape index (κ1) is 7.86. The minimum atomic E-state index is -0.209. The van der Waals surface area contributed by atoms with E-state index in [1.54, 1.807) is 5.01 Å². The van der Waals surface area contributed by atoms with Gasteiger partial charge in [0, 0.05) is 19.6 Å². The molecular weight excluding hydrogens is 156 g/mol. The van der Waals surface area contributed by atoms with Crippen molar-refractivity contribution in [1.29, 1.82) is 0 Å². The number of hydrazine groups is 1. The normalized spacial score (nSPS) is 33.6. The van der Waals surface area contributed by atoms with E-state index in [0.717, 1.165) is 19.6 Å². The lowest BCUT2D eigenvalue weighted by molar-refractivity contribution is -0.0908. The van der Waals surface area contributed by atoms with Gasteiger partial charge in [-0.3, -0.25) is 0 Å². The van der Waals surface area contributed by atoms with Gasteiger partial charge in [-0.2, -0.15) is 0 Å². The van der Waals surface area contributed by atoms with Gasteiger partial charge in [0.2, 0.25) is 0 Å². The van der Waals surface area contributed by atoms with E-state index >= 15 is 0 Å². The molecule has 3 rings (SSSR count). The Hall–Kier alpha value is -0.770. The van der Waals surface area contributed by atoms with Gasteiger partial charge < -0.3 is 4.74 Å². The zero-order valence-corrected chi connectivity index (χ0v) is 7.32. The zero-order valence-electron chi connectivity index (χ0n) is 7.32. The SMILES string of the molecule is COC(=O)N1CC2CCN1CC2. The lowest BCUT2D eigenvalue weighted by atomic mass is 9.95. The van der Waals surface area contributed by atoms with Crippen LogP contribution in [-0.2, 0) is 4.74 Å². The molecule has 2 bridgehead atoms. The average Bonchev–Trinajstić information content (AvgIpc) is 2.18. The summed E-state index contributed by atoms with van der Waals surface area (Å²) in [5.74, 6) is 0.703. The van der Waals surface area contributed by atoms with Crippen molar-refractivity contribution in [2.75, 3.05) is 26.7 Å². The molecule has 1 amide bonds. The van der Waals surface area contributed by atoms with Crippen LogP contribution >= 0.6 is 0 Å². The number of methoxy groups -OCH3 is 1. The number of hydrogen-bond acceptors (Lipinski definition) is 3. The van der Waals surface area contributed by atoms with Crippen LogP contribution in [0.2, 0.25) is 0 Å². The molecule has 12 heavy (non-hydrogen) atoms. The van der Waals surface area contributed by atoms with E-state index in [4.69, 9.17) is 0 Å². The third kappa shape index (κ3) is 1.16. The Morgan fingerprint density at radius 1 is 1.42 bits per heavy atom. The summed E-state index contributed by atoms with van der Waals surface area (Å²) in [6.45, 7) is 2.88. The lowest BCUT2D eigenvalue weighted by Gasteiger charge is -2.46. The van der Waals surface area contributed by atoms with Crippen LogP contribution in [0.4, 0.5) is 4.79 Å². The van der Waals surface area contributed by atoms with Crippen molar-refractivity contribution < 1.29 is 9.53 Å². The highest BCUT2D eigenvalue weighted by Crippen LogP contribution is 2.26. The van der Waals surface area contributed by atoms with E-state index in [9.17, 15) is 4.79 Å². The van der Waals surface area contributed by atoms with Crippen LogP contribution in [0.3, 0.4) is 0 Å². The van der Waals surface area contributed by atoms with Gasteiger partial charge in [0.05, 0.1) is 7.11 Å². The molecule has 3 aliphatic rings. The Bertz CT molecular complexity index is 187. The Balaban J connectivity index is 2.03. The maximum Gasteiger partial charge on any atom is 0.424 e. The number of rotatable bonds is 0. The first-order valence-corrected chi connectivity index (χ1v) is 4.41. The van der Waals surface area contributed by atoms with Gasteiger partial charge >= 0.3 is 6.09 Å². The predicted molar refractivity (Wildman–Crippen MR) is 43.4 cm³/mol. The van der Waals surface area contributed by atoms with Gasteiger partial charge in [-0.15, -0.1) is 0 Å². The molecule has 0 aromatic carbocycles. The van der Waals surface area contributed by atoms with Crippen LogP contribution in [-0.4, -0.2) is 42.9 Å². The first-order chi connectivity index (χ1) is 5.81. The summed E-state index contributed by atoms with van der Waals surface area (Å²) in [5, 5.41) is 3.82. The monoisotopic (exact) mass is 170 g/mol. The molecule has 0 N–H and O–H groups in total. The molecule has 3 saturated heterocycles. The van der Waals surface area contributed by atoms with Crippen molar-refractivity contribution in [2.45, 2.75) is 12.8 Å². The van der Waals surface area contributed by atoms with E-state index < -0.39 is 0 Å². The molecule has 4 nitrogen and oxygen atoms in total. The van der Waals surface area contributed by atoms with E-state index in [1.165, 1.54) is 20.0 Å². The number of piperidine rings is 1. The van der Waals surface area contributed by atoms with E-state index in [1.807, 2.05) is 0 Å². The topological polar surface area (TPSA) is 32.8 Å². The number of carbonyl (C=O) groups excluding carboxylic acids is 1. The highest BCUT2D eigenvalue weighted by atomic mass is 16.5. The van der Waals surface area contributed by atoms with Gasteiger partial charge in [-0.25, -0.2) is 14.8 Å². The first-order valence-electron chi connectivity index (χ1n) is 4.41. The predicted octanol–water partition coefficient (Wildman–Crippen LogP) is 0.695. The summed E-state index contributed by atoms with van der Waals surface area (Å²) in [4.78, 5) is 11.2. The summed E-state index contributed by atoms with van der Waals surface area (Å²) >= 11 is 0. The highest BCUT2D eigenvalue weighted by molar-refractivity contribution is 5.67. The second kappa shape index (κ2) is 2.94. The zero-order chi connectivity index (χ0) is 8.55. The van der Waals surface area contributed by atoms with Gasteiger partial charge in [0.1, 0.15) is 0 Å². The number of carbonyl (C=O) groups is 1. The third-order valence-corrected chi connectivity index (χ3v) is 2.75. The standard InChI is InChI=1S/C8H14N2O2/c1-12-8(11)10-6-7-2-4-9(10)5-3-7/h7H,2-6H2,1H3. The van der Waals surface area contributed by atoms with Crippen molar-refractivity contribution in [3.05, 3.63) is 0 Å². The van der Waals surface area contributed by atoms with Crippen molar-refractivity contribution >= 4 is 6.09 Å². The summed E-state index contributed by atoms with van der Waals surface area (Å²) in [7, 11) is 1.44. The lowest BCUT2D eigenvalue weighted by Crippen LogP contribution is -2.57. The minimum absolute atomic E-state index is 0.209. The molecule has 3 heterocycles. The summed E-state index contributed by atoms with van der Waals surface area (Å²) < 4.78 is 4.69. The number of nitrogens with zero attached hydrogens (tertiary/aromatic N) is 2. The second-order valence-electron chi connectivity index (χ2n) is 3.45.